The summed E-state index contributed by atoms with van der Waals surface area (Å²) in [4.78, 5) is 14.6. The lowest BCUT2D eigenvalue weighted by Crippen LogP contribution is -2.25. The first kappa shape index (κ1) is 14.9. The molecule has 3 heteroatoms. The fourth-order valence-corrected chi connectivity index (χ4v) is 2.98. The highest BCUT2D eigenvalue weighted by atomic mass is 16.1. The third-order valence-corrected chi connectivity index (χ3v) is 4.22. The Morgan fingerprint density at radius 2 is 1.90 bits per heavy atom. The van der Waals surface area contributed by atoms with Crippen molar-refractivity contribution < 1.29 is 4.79 Å². The van der Waals surface area contributed by atoms with E-state index in [4.69, 9.17) is 0 Å². The molecule has 0 radical (unpaired) electrons. The van der Waals surface area contributed by atoms with Gasteiger partial charge in [-0.15, -0.1) is 0 Å². The van der Waals surface area contributed by atoms with Gasteiger partial charge in [0.25, 0.3) is 0 Å². The normalized spacial score (nSPS) is 15.9. The summed E-state index contributed by atoms with van der Waals surface area (Å²) in [7, 11) is 0. The van der Waals surface area contributed by atoms with Crippen molar-refractivity contribution in [2.45, 2.75) is 46.0 Å². The van der Waals surface area contributed by atoms with Gasteiger partial charge >= 0.3 is 0 Å². The Labute approximate surface area is 122 Å². The summed E-state index contributed by atoms with van der Waals surface area (Å²) in [5.74, 6) is 0.405. The van der Waals surface area contributed by atoms with Crippen LogP contribution >= 0.6 is 0 Å². The molecule has 1 aromatic rings. The maximum Gasteiger partial charge on any atom is 0.227 e. The molecule has 0 aromatic heterocycles. The predicted octanol–water partition coefficient (Wildman–Crippen LogP) is 4.05. The van der Waals surface area contributed by atoms with Gasteiger partial charge in [-0.2, -0.15) is 0 Å². The smallest absolute Gasteiger partial charge is 0.227 e. The summed E-state index contributed by atoms with van der Waals surface area (Å²) in [6.45, 7) is 6.26. The van der Waals surface area contributed by atoms with Gasteiger partial charge in [-0.3, -0.25) is 4.79 Å². The Morgan fingerprint density at radius 3 is 2.55 bits per heavy atom. The van der Waals surface area contributed by atoms with Crippen molar-refractivity contribution in [3.05, 3.63) is 24.3 Å². The number of nitrogens with zero attached hydrogens (tertiary/aromatic N) is 1. The van der Waals surface area contributed by atoms with Gasteiger partial charge in [0, 0.05) is 30.4 Å². The molecule has 110 valence electrons. The number of carbonyl (C=O) groups excluding carboxylic acids is 1. The molecule has 0 heterocycles. The molecule has 2 rings (SSSR count). The summed E-state index contributed by atoms with van der Waals surface area (Å²) in [5.41, 5.74) is 2.10. The molecule has 0 bridgehead atoms. The predicted molar refractivity (Wildman–Crippen MR) is 85.2 cm³/mol. The van der Waals surface area contributed by atoms with E-state index < -0.39 is 0 Å². The van der Waals surface area contributed by atoms with Crippen LogP contribution in [0.15, 0.2) is 24.3 Å². The van der Waals surface area contributed by atoms with E-state index in [1.54, 1.807) is 0 Å². The van der Waals surface area contributed by atoms with Crippen LogP contribution in [0.4, 0.5) is 11.4 Å². The van der Waals surface area contributed by atoms with Gasteiger partial charge < -0.3 is 10.2 Å². The minimum atomic E-state index is 0.196. The third kappa shape index (κ3) is 3.75. The summed E-state index contributed by atoms with van der Waals surface area (Å²) in [5, 5.41) is 3.09. The molecule has 1 amide bonds. The van der Waals surface area contributed by atoms with Crippen molar-refractivity contribution in [3.8, 4) is 0 Å². The molecule has 1 aromatic carbocycles. The molecule has 0 spiro atoms. The highest BCUT2D eigenvalue weighted by molar-refractivity contribution is 5.93. The number of benzene rings is 1. The van der Waals surface area contributed by atoms with Gasteiger partial charge in [0.2, 0.25) is 5.91 Å². The van der Waals surface area contributed by atoms with Crippen molar-refractivity contribution in [2.24, 2.45) is 5.92 Å². The van der Waals surface area contributed by atoms with Crippen LogP contribution in [0.3, 0.4) is 0 Å². The fourth-order valence-electron chi connectivity index (χ4n) is 2.98. The molecule has 0 aliphatic heterocycles. The molecule has 3 nitrogen and oxygen atoms in total. The average Bonchev–Trinajstić information content (AvgIpc) is 2.50. The van der Waals surface area contributed by atoms with Gasteiger partial charge in [0.05, 0.1) is 0 Å². The third-order valence-electron chi connectivity index (χ3n) is 4.22. The van der Waals surface area contributed by atoms with E-state index in [1.165, 1.54) is 24.9 Å². The van der Waals surface area contributed by atoms with E-state index in [-0.39, 0.29) is 11.8 Å². The lowest BCUT2D eigenvalue weighted by molar-refractivity contribution is -0.120. The Kier molecular flexibility index (Phi) is 5.45. The fraction of sp³-hybridized carbons (Fsp3) is 0.588. The first-order chi connectivity index (χ1) is 9.74. The van der Waals surface area contributed by atoms with Gasteiger partial charge in [0.15, 0.2) is 0 Å². The summed E-state index contributed by atoms with van der Waals surface area (Å²) < 4.78 is 0. The van der Waals surface area contributed by atoms with Crippen LogP contribution in [0.2, 0.25) is 0 Å². The number of rotatable bonds is 5. The monoisotopic (exact) mass is 274 g/mol. The van der Waals surface area contributed by atoms with Crippen LogP contribution < -0.4 is 10.2 Å². The summed E-state index contributed by atoms with van der Waals surface area (Å²) in [6, 6.07) is 8.18. The minimum Gasteiger partial charge on any atom is -0.372 e. The van der Waals surface area contributed by atoms with Gasteiger partial charge in [-0.1, -0.05) is 25.3 Å². The van der Waals surface area contributed by atoms with E-state index in [1.807, 2.05) is 12.1 Å². The molecular formula is C17H26N2O. The maximum atomic E-state index is 12.3. The molecule has 20 heavy (non-hydrogen) atoms. The summed E-state index contributed by atoms with van der Waals surface area (Å²) in [6.07, 6.45) is 5.75. The summed E-state index contributed by atoms with van der Waals surface area (Å²) >= 11 is 0. The Hall–Kier alpha value is -1.51. The van der Waals surface area contributed by atoms with E-state index in [9.17, 15) is 4.79 Å². The van der Waals surface area contributed by atoms with E-state index in [0.29, 0.717) is 0 Å². The maximum absolute atomic E-state index is 12.3. The number of hydrogen-bond donors (Lipinski definition) is 1. The average molecular weight is 274 g/mol. The Bertz CT molecular complexity index is 434. The molecule has 1 N–H and O–H groups in total. The van der Waals surface area contributed by atoms with E-state index >= 15 is 0 Å². The van der Waals surface area contributed by atoms with Crippen LogP contribution in [-0.4, -0.2) is 19.0 Å². The number of nitrogens with one attached hydrogen (secondary N) is 1. The largest absolute Gasteiger partial charge is 0.372 e. The highest BCUT2D eigenvalue weighted by Crippen LogP contribution is 2.26. The Balaban J connectivity index is 2.01. The van der Waals surface area contributed by atoms with Crippen molar-refractivity contribution in [2.75, 3.05) is 23.3 Å². The molecule has 1 aliphatic rings. The Morgan fingerprint density at radius 1 is 1.20 bits per heavy atom. The van der Waals surface area contributed by atoms with Crippen LogP contribution in [0.25, 0.3) is 0 Å². The lowest BCUT2D eigenvalue weighted by atomic mass is 9.88. The molecule has 1 saturated carbocycles. The zero-order valence-corrected chi connectivity index (χ0v) is 12.7. The molecular weight excluding hydrogens is 248 g/mol. The van der Waals surface area contributed by atoms with Crippen molar-refractivity contribution in [1.82, 2.24) is 0 Å². The van der Waals surface area contributed by atoms with Crippen LogP contribution in [-0.2, 0) is 4.79 Å². The minimum absolute atomic E-state index is 0.196. The second-order valence-electron chi connectivity index (χ2n) is 5.55. The van der Waals surface area contributed by atoms with Gasteiger partial charge in [-0.05, 0) is 44.9 Å². The second-order valence-corrected chi connectivity index (χ2v) is 5.55. The first-order valence-corrected chi connectivity index (χ1v) is 7.90. The molecule has 0 unspecified atom stereocenters. The lowest BCUT2D eigenvalue weighted by Gasteiger charge is -2.23. The second kappa shape index (κ2) is 7.32. The molecule has 0 saturated heterocycles. The number of amides is 1. The number of hydrogen-bond acceptors (Lipinski definition) is 2. The van der Waals surface area contributed by atoms with E-state index in [0.717, 1.165) is 31.6 Å². The van der Waals surface area contributed by atoms with Gasteiger partial charge in [0.1, 0.15) is 0 Å². The molecule has 1 aliphatic carbocycles. The van der Waals surface area contributed by atoms with Crippen LogP contribution in [0, 0.1) is 5.92 Å². The number of carbonyl (C=O) groups is 1. The van der Waals surface area contributed by atoms with Crippen LogP contribution in [0.1, 0.15) is 46.0 Å². The quantitative estimate of drug-likeness (QED) is 0.878. The first-order valence-electron chi connectivity index (χ1n) is 7.90. The van der Waals surface area contributed by atoms with Crippen LogP contribution in [0.5, 0.6) is 0 Å². The molecule has 1 fully saturated rings. The van der Waals surface area contributed by atoms with Gasteiger partial charge in [-0.25, -0.2) is 0 Å². The van der Waals surface area contributed by atoms with Crippen molar-refractivity contribution >= 4 is 17.3 Å². The topological polar surface area (TPSA) is 32.3 Å². The molecule has 0 atom stereocenters. The SMILES string of the molecule is CCN(CC)c1cccc(NC(=O)C2CCCCC2)c1. The standard InChI is InChI=1S/C17H26N2O/c1-3-19(4-2)16-12-8-11-15(13-16)18-17(20)14-9-6-5-7-10-14/h8,11-14H,3-7,9-10H2,1-2H3,(H,18,20). The van der Waals surface area contributed by atoms with Crippen molar-refractivity contribution in [3.63, 3.8) is 0 Å². The zero-order valence-electron chi connectivity index (χ0n) is 12.7. The highest BCUT2D eigenvalue weighted by Gasteiger charge is 2.21. The number of anilines is 2. The zero-order chi connectivity index (χ0) is 14.4. The van der Waals surface area contributed by atoms with Crippen molar-refractivity contribution in [1.29, 1.82) is 0 Å². The van der Waals surface area contributed by atoms with E-state index in [2.05, 4.69) is 36.2 Å².